The lowest BCUT2D eigenvalue weighted by Gasteiger charge is -2.12. The second-order valence-corrected chi connectivity index (χ2v) is 4.93. The van der Waals surface area contributed by atoms with Crippen molar-refractivity contribution < 1.29 is 24.1 Å². The first kappa shape index (κ1) is 16.8. The first-order chi connectivity index (χ1) is 11.1. The molecule has 5 heteroatoms. The average molecular weight is 316 g/mol. The Balaban J connectivity index is 2.24. The molecule has 0 amide bonds. The predicted octanol–water partition coefficient (Wildman–Crippen LogP) is 3.36. The van der Waals surface area contributed by atoms with Gasteiger partial charge in [-0.15, -0.1) is 0 Å². The van der Waals surface area contributed by atoms with Gasteiger partial charge in [0.05, 0.1) is 12.2 Å². The lowest BCUT2D eigenvalue weighted by atomic mass is 10.0. The predicted molar refractivity (Wildman–Crippen MR) is 86.3 cm³/mol. The molecule has 0 atom stereocenters. The molecule has 5 nitrogen and oxygen atoms in total. The smallest absolute Gasteiger partial charge is 0.335 e. The average Bonchev–Trinajstić information content (AvgIpc) is 2.55. The molecular formula is C18H20O5. The molecule has 23 heavy (non-hydrogen) atoms. The third-order valence-electron chi connectivity index (χ3n) is 3.27. The van der Waals surface area contributed by atoms with Gasteiger partial charge in [0, 0.05) is 13.5 Å². The van der Waals surface area contributed by atoms with E-state index >= 15 is 0 Å². The van der Waals surface area contributed by atoms with Crippen LogP contribution in [0.1, 0.15) is 28.4 Å². The number of rotatable bonds is 8. The number of hydrogen-bond donors (Lipinski definition) is 1. The molecule has 0 aromatic heterocycles. The third kappa shape index (κ3) is 4.72. The van der Waals surface area contributed by atoms with Crippen LogP contribution in [0.25, 0.3) is 0 Å². The maximum absolute atomic E-state index is 11.2. The molecule has 0 fully saturated rings. The fourth-order valence-corrected chi connectivity index (χ4v) is 2.20. The van der Waals surface area contributed by atoms with Crippen LogP contribution >= 0.6 is 0 Å². The molecule has 0 spiro atoms. The molecule has 0 aliphatic carbocycles. The van der Waals surface area contributed by atoms with E-state index in [-0.39, 0.29) is 12.4 Å². The lowest BCUT2D eigenvalue weighted by Crippen LogP contribution is -2.05. The number of carboxylic acid groups (broad SMARTS) is 1. The minimum atomic E-state index is -0.962. The van der Waals surface area contributed by atoms with Crippen LogP contribution in [-0.2, 0) is 11.2 Å². The van der Waals surface area contributed by atoms with Gasteiger partial charge in [-0.1, -0.05) is 12.1 Å². The van der Waals surface area contributed by atoms with Gasteiger partial charge < -0.3 is 19.3 Å². The van der Waals surface area contributed by atoms with E-state index in [4.69, 9.17) is 19.3 Å². The fraction of sp³-hybridized carbons (Fsp3) is 0.278. The Labute approximate surface area is 135 Å². The molecule has 0 bridgehead atoms. The summed E-state index contributed by atoms with van der Waals surface area (Å²) < 4.78 is 15.9. The second-order valence-electron chi connectivity index (χ2n) is 4.93. The minimum Gasteiger partial charge on any atom is -0.494 e. The van der Waals surface area contributed by atoms with Crippen LogP contribution in [0.15, 0.2) is 42.5 Å². The Bertz CT molecular complexity index is 649. The van der Waals surface area contributed by atoms with Gasteiger partial charge >= 0.3 is 5.97 Å². The van der Waals surface area contributed by atoms with Crippen LogP contribution in [0.2, 0.25) is 0 Å². The summed E-state index contributed by atoms with van der Waals surface area (Å²) in [5.74, 6) is 0.466. The molecular weight excluding hydrogens is 296 g/mol. The van der Waals surface area contributed by atoms with Gasteiger partial charge in [-0.25, -0.2) is 4.79 Å². The van der Waals surface area contributed by atoms with Crippen LogP contribution in [0.3, 0.4) is 0 Å². The standard InChI is InChI=1S/C18H20O5/c1-3-22-16-7-4-13(5-8-16)10-15-11-14(18(19)20)6-9-17(15)23-12-21-2/h4-9,11H,3,10,12H2,1-2H3,(H,19,20). The van der Waals surface area contributed by atoms with Crippen molar-refractivity contribution >= 4 is 5.97 Å². The SMILES string of the molecule is CCOc1ccc(Cc2cc(C(=O)O)ccc2OCOC)cc1. The Hall–Kier alpha value is -2.53. The van der Waals surface area contributed by atoms with E-state index in [0.29, 0.717) is 18.8 Å². The highest BCUT2D eigenvalue weighted by Gasteiger charge is 2.10. The van der Waals surface area contributed by atoms with Crippen LogP contribution in [0.5, 0.6) is 11.5 Å². The summed E-state index contributed by atoms with van der Waals surface area (Å²) in [4.78, 5) is 11.2. The molecule has 2 aromatic carbocycles. The monoisotopic (exact) mass is 316 g/mol. The van der Waals surface area contributed by atoms with Crippen molar-refractivity contribution in [1.29, 1.82) is 0 Å². The number of aromatic carboxylic acids is 1. The van der Waals surface area contributed by atoms with E-state index < -0.39 is 5.97 Å². The molecule has 0 saturated heterocycles. The summed E-state index contributed by atoms with van der Waals surface area (Å²) in [6.45, 7) is 2.67. The second kappa shape index (κ2) is 8.19. The Kier molecular flexibility index (Phi) is 6.00. The molecule has 0 unspecified atom stereocenters. The molecule has 0 saturated carbocycles. The van der Waals surface area contributed by atoms with E-state index in [9.17, 15) is 4.79 Å². The summed E-state index contributed by atoms with van der Waals surface area (Å²) in [5, 5.41) is 9.16. The fourth-order valence-electron chi connectivity index (χ4n) is 2.20. The number of benzene rings is 2. The highest BCUT2D eigenvalue weighted by atomic mass is 16.7. The minimum absolute atomic E-state index is 0.114. The summed E-state index contributed by atoms with van der Waals surface area (Å²) in [6.07, 6.45) is 0.562. The van der Waals surface area contributed by atoms with E-state index in [2.05, 4.69) is 0 Å². The zero-order chi connectivity index (χ0) is 16.7. The molecule has 0 radical (unpaired) electrons. The Morgan fingerprint density at radius 3 is 2.43 bits per heavy atom. The number of carboxylic acids is 1. The van der Waals surface area contributed by atoms with Gasteiger partial charge in [0.15, 0.2) is 6.79 Å². The molecule has 0 heterocycles. The van der Waals surface area contributed by atoms with E-state index in [1.54, 1.807) is 12.1 Å². The largest absolute Gasteiger partial charge is 0.494 e. The normalized spacial score (nSPS) is 10.3. The molecule has 2 rings (SSSR count). The number of methoxy groups -OCH3 is 1. The van der Waals surface area contributed by atoms with Gasteiger partial charge in [-0.2, -0.15) is 0 Å². The van der Waals surface area contributed by atoms with Crippen molar-refractivity contribution in [1.82, 2.24) is 0 Å². The zero-order valence-corrected chi connectivity index (χ0v) is 13.2. The molecule has 0 aliphatic rings. The van der Waals surface area contributed by atoms with E-state index in [1.807, 2.05) is 31.2 Å². The van der Waals surface area contributed by atoms with Crippen LogP contribution in [0, 0.1) is 0 Å². The molecule has 122 valence electrons. The van der Waals surface area contributed by atoms with E-state index in [0.717, 1.165) is 16.9 Å². The van der Waals surface area contributed by atoms with Crippen LogP contribution in [0.4, 0.5) is 0 Å². The summed E-state index contributed by atoms with van der Waals surface area (Å²) >= 11 is 0. The summed E-state index contributed by atoms with van der Waals surface area (Å²) in [5.41, 5.74) is 2.07. The molecule has 1 N–H and O–H groups in total. The van der Waals surface area contributed by atoms with Gasteiger partial charge in [-0.05, 0) is 48.4 Å². The Morgan fingerprint density at radius 2 is 1.83 bits per heavy atom. The van der Waals surface area contributed by atoms with Crippen molar-refractivity contribution in [3.8, 4) is 11.5 Å². The topological polar surface area (TPSA) is 65.0 Å². The van der Waals surface area contributed by atoms with E-state index in [1.165, 1.54) is 13.2 Å². The van der Waals surface area contributed by atoms with Gasteiger partial charge in [0.25, 0.3) is 0 Å². The van der Waals surface area contributed by atoms with Crippen molar-refractivity contribution in [3.05, 3.63) is 59.2 Å². The zero-order valence-electron chi connectivity index (χ0n) is 13.2. The lowest BCUT2D eigenvalue weighted by molar-refractivity contribution is 0.0505. The molecule has 2 aromatic rings. The highest BCUT2D eigenvalue weighted by Crippen LogP contribution is 2.24. The first-order valence-corrected chi connectivity index (χ1v) is 7.33. The summed E-state index contributed by atoms with van der Waals surface area (Å²) in [6, 6.07) is 12.5. The number of ether oxygens (including phenoxy) is 3. The van der Waals surface area contributed by atoms with Crippen LogP contribution in [-0.4, -0.2) is 31.6 Å². The quantitative estimate of drug-likeness (QED) is 0.757. The van der Waals surface area contributed by atoms with Crippen molar-refractivity contribution in [3.63, 3.8) is 0 Å². The van der Waals surface area contributed by atoms with Crippen LogP contribution < -0.4 is 9.47 Å². The Morgan fingerprint density at radius 1 is 1.09 bits per heavy atom. The van der Waals surface area contributed by atoms with Gasteiger partial charge in [0.2, 0.25) is 0 Å². The third-order valence-corrected chi connectivity index (χ3v) is 3.27. The summed E-state index contributed by atoms with van der Waals surface area (Å²) in [7, 11) is 1.54. The van der Waals surface area contributed by atoms with Crippen molar-refractivity contribution in [2.75, 3.05) is 20.5 Å². The number of hydrogen-bond acceptors (Lipinski definition) is 4. The molecule has 0 aliphatic heterocycles. The van der Waals surface area contributed by atoms with Gasteiger partial charge in [0.1, 0.15) is 11.5 Å². The maximum Gasteiger partial charge on any atom is 0.335 e. The highest BCUT2D eigenvalue weighted by molar-refractivity contribution is 5.88. The number of carbonyl (C=O) groups is 1. The maximum atomic E-state index is 11.2. The van der Waals surface area contributed by atoms with Gasteiger partial charge in [-0.3, -0.25) is 0 Å². The van der Waals surface area contributed by atoms with Crippen molar-refractivity contribution in [2.24, 2.45) is 0 Å². The van der Waals surface area contributed by atoms with Crippen molar-refractivity contribution in [2.45, 2.75) is 13.3 Å². The first-order valence-electron chi connectivity index (χ1n) is 7.33.